The SMILES string of the molecule is O=C(N1CC2(C1)OCCC2COc1cccnc1)C1(F)CC1.O=C(O)C(F)(F)F. The minimum absolute atomic E-state index is 0.228. The number of ether oxygens (including phenoxy) is 2. The number of likely N-dealkylation sites (tertiary alicyclic amines) is 1. The number of rotatable bonds is 4. The molecule has 1 aliphatic carbocycles. The van der Waals surface area contributed by atoms with E-state index in [2.05, 4.69) is 4.98 Å². The topological polar surface area (TPSA) is 89.0 Å². The molecule has 1 aromatic heterocycles. The number of aliphatic carboxylic acids is 1. The molecule has 1 spiro atoms. The monoisotopic (exact) mass is 420 g/mol. The van der Waals surface area contributed by atoms with Gasteiger partial charge in [0.1, 0.15) is 11.4 Å². The fourth-order valence-corrected chi connectivity index (χ4v) is 3.35. The number of alkyl halides is 4. The van der Waals surface area contributed by atoms with Crippen LogP contribution in [0.5, 0.6) is 5.75 Å². The number of aromatic nitrogens is 1. The van der Waals surface area contributed by atoms with E-state index in [1.54, 1.807) is 17.3 Å². The average Bonchev–Trinajstić information content (AvgIpc) is 3.25. The molecule has 1 unspecified atom stereocenters. The highest BCUT2D eigenvalue weighted by atomic mass is 19.4. The van der Waals surface area contributed by atoms with Gasteiger partial charge in [-0.05, 0) is 31.4 Å². The summed E-state index contributed by atoms with van der Waals surface area (Å²) in [5.41, 5.74) is -1.93. The summed E-state index contributed by atoms with van der Waals surface area (Å²) in [5, 5.41) is 7.12. The third-order valence-electron chi connectivity index (χ3n) is 5.20. The minimum Gasteiger partial charge on any atom is -0.492 e. The number of pyridine rings is 1. The first-order valence-corrected chi connectivity index (χ1v) is 9.01. The van der Waals surface area contributed by atoms with Crippen molar-refractivity contribution in [2.45, 2.75) is 36.7 Å². The summed E-state index contributed by atoms with van der Waals surface area (Å²) < 4.78 is 57.2. The fourth-order valence-electron chi connectivity index (χ4n) is 3.35. The van der Waals surface area contributed by atoms with E-state index in [0.29, 0.717) is 39.1 Å². The Bertz CT molecular complexity index is 748. The Morgan fingerprint density at radius 1 is 1.34 bits per heavy atom. The first-order valence-electron chi connectivity index (χ1n) is 9.01. The van der Waals surface area contributed by atoms with Gasteiger partial charge in [-0.3, -0.25) is 9.78 Å². The van der Waals surface area contributed by atoms with Crippen molar-refractivity contribution in [1.29, 1.82) is 0 Å². The van der Waals surface area contributed by atoms with Crippen LogP contribution in [0.4, 0.5) is 17.6 Å². The van der Waals surface area contributed by atoms with Gasteiger partial charge >= 0.3 is 12.1 Å². The molecule has 2 saturated heterocycles. The van der Waals surface area contributed by atoms with Crippen molar-refractivity contribution in [2.75, 3.05) is 26.3 Å². The lowest BCUT2D eigenvalue weighted by atomic mass is 9.81. The standard InChI is InChI=1S/C16H19FN2O3.C2HF3O2/c17-15(4-5-15)14(20)19-10-16(11-19)12(3-7-22-16)9-21-13-2-1-6-18-8-13;3-2(4,5)1(6)7/h1-2,6,8,12H,3-5,7,9-11H2;(H,6,7). The molecule has 0 aromatic carbocycles. The molecular formula is C18H20F4N2O5. The van der Waals surface area contributed by atoms with Crippen molar-refractivity contribution in [3.8, 4) is 5.75 Å². The third-order valence-corrected chi connectivity index (χ3v) is 5.20. The molecular weight excluding hydrogens is 400 g/mol. The van der Waals surface area contributed by atoms with Crippen LogP contribution in [-0.4, -0.2) is 70.6 Å². The van der Waals surface area contributed by atoms with Crippen molar-refractivity contribution < 1.29 is 41.7 Å². The lowest BCUT2D eigenvalue weighted by Gasteiger charge is -2.50. The normalized spacial score (nSPS) is 23.6. The second-order valence-corrected chi connectivity index (χ2v) is 7.33. The molecule has 29 heavy (non-hydrogen) atoms. The smallest absolute Gasteiger partial charge is 0.490 e. The van der Waals surface area contributed by atoms with Crippen LogP contribution in [0.1, 0.15) is 19.3 Å². The van der Waals surface area contributed by atoms with Gasteiger partial charge in [0.25, 0.3) is 5.91 Å². The van der Waals surface area contributed by atoms with Gasteiger partial charge in [0.05, 0.1) is 25.9 Å². The molecule has 0 bridgehead atoms. The van der Waals surface area contributed by atoms with Gasteiger partial charge < -0.3 is 19.5 Å². The van der Waals surface area contributed by atoms with Gasteiger partial charge in [0, 0.05) is 18.7 Å². The van der Waals surface area contributed by atoms with E-state index in [1.807, 2.05) is 12.1 Å². The number of amides is 1. The predicted octanol–water partition coefficient (Wildman–Crippen LogP) is 2.21. The largest absolute Gasteiger partial charge is 0.492 e. The maximum absolute atomic E-state index is 13.8. The van der Waals surface area contributed by atoms with Gasteiger partial charge in [0.2, 0.25) is 0 Å². The Morgan fingerprint density at radius 3 is 2.52 bits per heavy atom. The van der Waals surface area contributed by atoms with Crippen molar-refractivity contribution >= 4 is 11.9 Å². The van der Waals surface area contributed by atoms with E-state index in [4.69, 9.17) is 19.4 Å². The number of carbonyl (C=O) groups excluding carboxylic acids is 1. The van der Waals surface area contributed by atoms with Gasteiger partial charge in [0.15, 0.2) is 5.67 Å². The Kier molecular flexibility index (Phi) is 5.70. The molecule has 1 aromatic rings. The van der Waals surface area contributed by atoms with Gasteiger partial charge in [-0.25, -0.2) is 9.18 Å². The molecule has 3 fully saturated rings. The molecule has 1 N–H and O–H groups in total. The Morgan fingerprint density at radius 2 is 2.00 bits per heavy atom. The zero-order valence-corrected chi connectivity index (χ0v) is 15.3. The molecule has 3 aliphatic rings. The van der Waals surface area contributed by atoms with Gasteiger partial charge in [-0.1, -0.05) is 0 Å². The summed E-state index contributed by atoms with van der Waals surface area (Å²) in [6.45, 7) is 2.18. The summed E-state index contributed by atoms with van der Waals surface area (Å²) in [5.74, 6) is -2.16. The molecule has 0 radical (unpaired) electrons. The Labute approximate surface area is 163 Å². The molecule has 3 heterocycles. The van der Waals surface area contributed by atoms with Crippen LogP contribution >= 0.6 is 0 Å². The number of hydrogen-bond acceptors (Lipinski definition) is 5. The highest BCUT2D eigenvalue weighted by Crippen LogP contribution is 2.46. The Hall–Kier alpha value is -2.43. The first-order chi connectivity index (χ1) is 13.6. The average molecular weight is 420 g/mol. The van der Waals surface area contributed by atoms with Crippen LogP contribution < -0.4 is 4.74 Å². The van der Waals surface area contributed by atoms with E-state index < -0.39 is 17.8 Å². The molecule has 11 heteroatoms. The highest BCUT2D eigenvalue weighted by molar-refractivity contribution is 5.88. The van der Waals surface area contributed by atoms with Crippen LogP contribution in [0.15, 0.2) is 24.5 Å². The van der Waals surface area contributed by atoms with E-state index in [0.717, 1.165) is 12.2 Å². The zero-order chi connectivity index (χ0) is 21.3. The molecule has 2 aliphatic heterocycles. The Balaban J connectivity index is 0.000000298. The fraction of sp³-hybridized carbons (Fsp3) is 0.611. The van der Waals surface area contributed by atoms with Gasteiger partial charge in [-0.2, -0.15) is 13.2 Å². The molecule has 7 nitrogen and oxygen atoms in total. The van der Waals surface area contributed by atoms with Crippen molar-refractivity contribution in [1.82, 2.24) is 9.88 Å². The lowest BCUT2D eigenvalue weighted by molar-refractivity contribution is -0.192. The van der Waals surface area contributed by atoms with E-state index in [1.165, 1.54) is 0 Å². The number of carboxylic acids is 1. The molecule has 1 amide bonds. The summed E-state index contributed by atoms with van der Waals surface area (Å²) in [7, 11) is 0. The van der Waals surface area contributed by atoms with Crippen LogP contribution in [-0.2, 0) is 14.3 Å². The van der Waals surface area contributed by atoms with Gasteiger partial charge in [-0.15, -0.1) is 0 Å². The second-order valence-electron chi connectivity index (χ2n) is 7.33. The number of carboxylic acid groups (broad SMARTS) is 1. The van der Waals surface area contributed by atoms with Crippen LogP contribution in [0, 0.1) is 5.92 Å². The molecule has 4 rings (SSSR count). The summed E-state index contributed by atoms with van der Waals surface area (Å²) in [6.07, 6.45) is -0.0668. The number of carbonyl (C=O) groups is 2. The molecule has 160 valence electrons. The summed E-state index contributed by atoms with van der Waals surface area (Å²) >= 11 is 0. The van der Waals surface area contributed by atoms with Crippen molar-refractivity contribution in [2.24, 2.45) is 5.92 Å². The number of nitrogens with zero attached hydrogens (tertiary/aromatic N) is 2. The molecule has 1 atom stereocenters. The van der Waals surface area contributed by atoms with Crippen LogP contribution in [0.2, 0.25) is 0 Å². The minimum atomic E-state index is -5.08. The second kappa shape index (κ2) is 7.77. The van der Waals surface area contributed by atoms with Crippen molar-refractivity contribution in [3.63, 3.8) is 0 Å². The van der Waals surface area contributed by atoms with E-state index in [9.17, 15) is 22.4 Å². The lowest BCUT2D eigenvalue weighted by Crippen LogP contribution is -2.68. The maximum atomic E-state index is 13.8. The van der Waals surface area contributed by atoms with E-state index in [-0.39, 0.29) is 17.4 Å². The first kappa shape index (κ1) is 21.3. The predicted molar refractivity (Wildman–Crippen MR) is 89.9 cm³/mol. The maximum Gasteiger partial charge on any atom is 0.490 e. The van der Waals surface area contributed by atoms with Crippen molar-refractivity contribution in [3.05, 3.63) is 24.5 Å². The number of hydrogen-bond donors (Lipinski definition) is 1. The molecule has 1 saturated carbocycles. The highest BCUT2D eigenvalue weighted by Gasteiger charge is 2.60. The van der Waals surface area contributed by atoms with Crippen LogP contribution in [0.3, 0.4) is 0 Å². The number of halogens is 4. The quantitative estimate of drug-likeness (QED) is 0.752. The third kappa shape index (κ3) is 4.77. The summed E-state index contributed by atoms with van der Waals surface area (Å²) in [4.78, 5) is 26.5. The zero-order valence-electron chi connectivity index (χ0n) is 15.3. The van der Waals surface area contributed by atoms with Crippen LogP contribution in [0.25, 0.3) is 0 Å². The summed E-state index contributed by atoms with van der Waals surface area (Å²) in [6, 6.07) is 3.70. The van der Waals surface area contributed by atoms with E-state index >= 15 is 0 Å².